The van der Waals surface area contributed by atoms with Gasteiger partial charge in [-0.05, 0) is 25.1 Å². The topological polar surface area (TPSA) is 63.3 Å². The van der Waals surface area contributed by atoms with Crippen LogP contribution in [-0.4, -0.2) is 16.1 Å². The largest absolute Gasteiger partial charge is 0.481 e. The summed E-state index contributed by atoms with van der Waals surface area (Å²) in [4.78, 5) is 14.8. The Labute approximate surface area is 92.6 Å². The van der Waals surface area contributed by atoms with Gasteiger partial charge in [0, 0.05) is 23.0 Å². The Kier molecular flexibility index (Phi) is 2.72. The molecule has 2 heterocycles. The van der Waals surface area contributed by atoms with E-state index in [0.29, 0.717) is 11.3 Å². The van der Waals surface area contributed by atoms with Gasteiger partial charge in [0.25, 0.3) is 0 Å². The van der Waals surface area contributed by atoms with Crippen LogP contribution >= 0.6 is 0 Å². The fourth-order valence-corrected chi connectivity index (χ4v) is 1.60. The van der Waals surface area contributed by atoms with Crippen LogP contribution in [0.2, 0.25) is 0 Å². The lowest BCUT2D eigenvalue weighted by Gasteiger charge is -2.03. The van der Waals surface area contributed by atoms with E-state index in [2.05, 4.69) is 4.98 Å². The zero-order chi connectivity index (χ0) is 11.5. The number of rotatable bonds is 3. The fraction of sp³-hybridized carbons (Fsp3) is 0.167. The van der Waals surface area contributed by atoms with Crippen LogP contribution in [0.4, 0.5) is 0 Å². The molecule has 0 unspecified atom stereocenters. The van der Waals surface area contributed by atoms with Crippen molar-refractivity contribution >= 4 is 5.97 Å². The van der Waals surface area contributed by atoms with Crippen LogP contribution in [0.15, 0.2) is 35.1 Å². The molecule has 0 aliphatic rings. The summed E-state index contributed by atoms with van der Waals surface area (Å²) in [6.45, 7) is 1.86. The number of aryl methyl sites for hydroxylation is 1. The number of carbonyl (C=O) groups is 1. The standard InChI is InChI=1S/C12H11NO3/c1-8-10(3-2-5-13-8)12-9(4-6-16-12)7-11(14)15/h2-6H,7H2,1H3,(H,14,15). The SMILES string of the molecule is Cc1ncccc1-c1occc1CC(=O)O. The van der Waals surface area contributed by atoms with Gasteiger partial charge in [-0.25, -0.2) is 0 Å². The molecule has 2 rings (SSSR count). The van der Waals surface area contributed by atoms with Gasteiger partial charge in [0.2, 0.25) is 0 Å². The van der Waals surface area contributed by atoms with Gasteiger partial charge >= 0.3 is 5.97 Å². The number of nitrogens with zero attached hydrogens (tertiary/aromatic N) is 1. The quantitative estimate of drug-likeness (QED) is 0.856. The minimum Gasteiger partial charge on any atom is -0.481 e. The zero-order valence-electron chi connectivity index (χ0n) is 8.80. The molecule has 0 saturated heterocycles. The lowest BCUT2D eigenvalue weighted by molar-refractivity contribution is -0.136. The molecule has 2 aromatic heterocycles. The van der Waals surface area contributed by atoms with Crippen molar-refractivity contribution in [2.75, 3.05) is 0 Å². The summed E-state index contributed by atoms with van der Waals surface area (Å²) in [5, 5.41) is 8.77. The molecule has 1 N–H and O–H groups in total. The van der Waals surface area contributed by atoms with Crippen LogP contribution in [0, 0.1) is 6.92 Å². The summed E-state index contributed by atoms with van der Waals surface area (Å²) in [5.74, 6) is -0.280. The molecular weight excluding hydrogens is 206 g/mol. The summed E-state index contributed by atoms with van der Waals surface area (Å²) in [6, 6.07) is 5.35. The van der Waals surface area contributed by atoms with Crippen LogP contribution in [0.25, 0.3) is 11.3 Å². The minimum absolute atomic E-state index is 0.0415. The Morgan fingerprint density at radius 3 is 3.00 bits per heavy atom. The van der Waals surface area contributed by atoms with Gasteiger partial charge in [-0.1, -0.05) is 0 Å². The first kappa shape index (κ1) is 10.4. The molecule has 0 spiro atoms. The third kappa shape index (κ3) is 1.95. The first-order valence-corrected chi connectivity index (χ1v) is 4.88. The van der Waals surface area contributed by atoms with Crippen molar-refractivity contribution in [1.29, 1.82) is 0 Å². The van der Waals surface area contributed by atoms with Crippen molar-refractivity contribution in [3.63, 3.8) is 0 Å². The first-order valence-electron chi connectivity index (χ1n) is 4.88. The maximum Gasteiger partial charge on any atom is 0.307 e. The van der Waals surface area contributed by atoms with Gasteiger partial charge in [-0.15, -0.1) is 0 Å². The number of aromatic nitrogens is 1. The smallest absolute Gasteiger partial charge is 0.307 e. The Balaban J connectivity index is 2.45. The van der Waals surface area contributed by atoms with Crippen molar-refractivity contribution < 1.29 is 14.3 Å². The highest BCUT2D eigenvalue weighted by atomic mass is 16.4. The Bertz CT molecular complexity index is 516. The highest BCUT2D eigenvalue weighted by Gasteiger charge is 2.13. The van der Waals surface area contributed by atoms with Crippen molar-refractivity contribution in [3.05, 3.63) is 41.9 Å². The van der Waals surface area contributed by atoms with Gasteiger partial charge in [-0.3, -0.25) is 9.78 Å². The van der Waals surface area contributed by atoms with Crippen molar-refractivity contribution in [3.8, 4) is 11.3 Å². The molecule has 0 fully saturated rings. The second-order valence-electron chi connectivity index (χ2n) is 3.48. The number of furan rings is 1. The van der Waals surface area contributed by atoms with E-state index in [1.54, 1.807) is 18.3 Å². The van der Waals surface area contributed by atoms with Crippen LogP contribution in [-0.2, 0) is 11.2 Å². The van der Waals surface area contributed by atoms with E-state index in [9.17, 15) is 4.79 Å². The molecule has 0 radical (unpaired) electrons. The number of hydrogen-bond acceptors (Lipinski definition) is 3. The molecule has 0 saturated carbocycles. The van der Waals surface area contributed by atoms with E-state index < -0.39 is 5.97 Å². The molecule has 0 atom stereocenters. The van der Waals surface area contributed by atoms with Gasteiger partial charge < -0.3 is 9.52 Å². The van der Waals surface area contributed by atoms with Crippen LogP contribution in [0.5, 0.6) is 0 Å². The van der Waals surface area contributed by atoms with E-state index >= 15 is 0 Å². The number of pyridine rings is 1. The molecule has 0 amide bonds. The van der Waals surface area contributed by atoms with Crippen LogP contribution in [0.3, 0.4) is 0 Å². The van der Waals surface area contributed by atoms with Crippen LogP contribution < -0.4 is 0 Å². The highest BCUT2D eigenvalue weighted by molar-refractivity contribution is 5.74. The number of hydrogen-bond donors (Lipinski definition) is 1. The van der Waals surface area contributed by atoms with Gasteiger partial charge in [-0.2, -0.15) is 0 Å². The van der Waals surface area contributed by atoms with Crippen molar-refractivity contribution in [1.82, 2.24) is 4.98 Å². The zero-order valence-corrected chi connectivity index (χ0v) is 8.80. The van der Waals surface area contributed by atoms with E-state index in [4.69, 9.17) is 9.52 Å². The third-order valence-corrected chi connectivity index (χ3v) is 2.34. The summed E-state index contributed by atoms with van der Waals surface area (Å²) >= 11 is 0. The van der Waals surface area contributed by atoms with Gasteiger partial charge in [0.1, 0.15) is 5.76 Å². The fourth-order valence-electron chi connectivity index (χ4n) is 1.60. The van der Waals surface area contributed by atoms with Gasteiger partial charge in [0.05, 0.1) is 12.7 Å². The predicted molar refractivity (Wildman–Crippen MR) is 58.0 cm³/mol. The number of aliphatic carboxylic acids is 1. The molecule has 4 nitrogen and oxygen atoms in total. The maximum absolute atomic E-state index is 10.7. The van der Waals surface area contributed by atoms with E-state index in [-0.39, 0.29) is 6.42 Å². The van der Waals surface area contributed by atoms with Crippen molar-refractivity contribution in [2.45, 2.75) is 13.3 Å². The predicted octanol–water partition coefficient (Wildman–Crippen LogP) is 2.28. The summed E-state index contributed by atoms with van der Waals surface area (Å²) < 4.78 is 5.33. The first-order chi connectivity index (χ1) is 7.68. The summed E-state index contributed by atoms with van der Waals surface area (Å²) in [6.07, 6.45) is 3.15. The molecule has 82 valence electrons. The van der Waals surface area contributed by atoms with E-state index in [1.807, 2.05) is 13.0 Å². The number of carboxylic acid groups (broad SMARTS) is 1. The minimum atomic E-state index is -0.871. The van der Waals surface area contributed by atoms with Gasteiger partial charge in [0.15, 0.2) is 0 Å². The summed E-state index contributed by atoms with van der Waals surface area (Å²) in [7, 11) is 0. The monoisotopic (exact) mass is 217 g/mol. The van der Waals surface area contributed by atoms with E-state index in [0.717, 1.165) is 11.3 Å². The third-order valence-electron chi connectivity index (χ3n) is 2.34. The molecular formula is C12H11NO3. The molecule has 0 aliphatic heterocycles. The lowest BCUT2D eigenvalue weighted by atomic mass is 10.1. The molecule has 16 heavy (non-hydrogen) atoms. The normalized spacial score (nSPS) is 10.3. The van der Waals surface area contributed by atoms with Crippen molar-refractivity contribution in [2.24, 2.45) is 0 Å². The Morgan fingerprint density at radius 2 is 2.31 bits per heavy atom. The Morgan fingerprint density at radius 1 is 1.50 bits per heavy atom. The molecule has 2 aromatic rings. The second-order valence-corrected chi connectivity index (χ2v) is 3.48. The molecule has 0 aliphatic carbocycles. The Hall–Kier alpha value is -2.10. The van der Waals surface area contributed by atoms with Crippen LogP contribution in [0.1, 0.15) is 11.3 Å². The average molecular weight is 217 g/mol. The maximum atomic E-state index is 10.7. The molecule has 4 heteroatoms. The second kappa shape index (κ2) is 4.18. The average Bonchev–Trinajstić information content (AvgIpc) is 2.66. The number of carboxylic acids is 1. The summed E-state index contributed by atoms with van der Waals surface area (Å²) in [5.41, 5.74) is 2.33. The molecule has 0 aromatic carbocycles. The highest BCUT2D eigenvalue weighted by Crippen LogP contribution is 2.26. The van der Waals surface area contributed by atoms with E-state index in [1.165, 1.54) is 6.26 Å². The molecule has 0 bridgehead atoms. The lowest BCUT2D eigenvalue weighted by Crippen LogP contribution is -2.00.